The third-order valence-electron chi connectivity index (χ3n) is 1.54. The molecule has 0 aliphatic carbocycles. The number of hydrogen-bond donors (Lipinski definition) is 1. The maximum atomic E-state index is 13.0. The van der Waals surface area contributed by atoms with Gasteiger partial charge in [0.05, 0.1) is 11.8 Å². The number of pyridine rings is 1. The van der Waals surface area contributed by atoms with Gasteiger partial charge in [0.2, 0.25) is 0 Å². The summed E-state index contributed by atoms with van der Waals surface area (Å²) in [6.45, 7) is 0. The first-order valence-electron chi connectivity index (χ1n) is 3.63. The Hall–Kier alpha value is -1.59. The van der Waals surface area contributed by atoms with Crippen LogP contribution in [-0.4, -0.2) is 16.1 Å². The van der Waals surface area contributed by atoms with E-state index in [1.165, 1.54) is 0 Å². The summed E-state index contributed by atoms with van der Waals surface area (Å²) in [5.74, 6) is -6.61. The Morgan fingerprint density at radius 1 is 1.57 bits per heavy atom. The molecule has 0 spiro atoms. The standard InChI is InChI=1S/C8H6F3NO2/c9-6-4-12-2-1-5(6)8(10,11)3-7(13)14/h1-2,4H,3H2,(H,13,14). The van der Waals surface area contributed by atoms with Crippen molar-refractivity contribution in [1.29, 1.82) is 0 Å². The van der Waals surface area contributed by atoms with Crippen molar-refractivity contribution in [2.24, 2.45) is 0 Å². The molecule has 6 heteroatoms. The highest BCUT2D eigenvalue weighted by Crippen LogP contribution is 2.32. The zero-order chi connectivity index (χ0) is 10.8. The number of hydrogen-bond acceptors (Lipinski definition) is 2. The van der Waals surface area contributed by atoms with Crippen LogP contribution >= 0.6 is 0 Å². The van der Waals surface area contributed by atoms with E-state index in [0.29, 0.717) is 6.20 Å². The second-order valence-electron chi connectivity index (χ2n) is 2.63. The first-order valence-corrected chi connectivity index (χ1v) is 3.63. The zero-order valence-corrected chi connectivity index (χ0v) is 6.88. The van der Waals surface area contributed by atoms with Crippen molar-refractivity contribution in [3.63, 3.8) is 0 Å². The smallest absolute Gasteiger partial charge is 0.309 e. The minimum atomic E-state index is -3.71. The van der Waals surface area contributed by atoms with Crippen molar-refractivity contribution in [2.75, 3.05) is 0 Å². The summed E-state index contributed by atoms with van der Waals surface area (Å²) in [6, 6.07) is 0.762. The fourth-order valence-electron chi connectivity index (χ4n) is 0.957. The molecular formula is C8H6F3NO2. The van der Waals surface area contributed by atoms with Gasteiger partial charge in [-0.25, -0.2) is 13.2 Å². The Kier molecular flexibility index (Phi) is 2.73. The van der Waals surface area contributed by atoms with Crippen LogP contribution < -0.4 is 0 Å². The van der Waals surface area contributed by atoms with Gasteiger partial charge < -0.3 is 5.11 Å². The van der Waals surface area contributed by atoms with Crippen molar-refractivity contribution in [3.05, 3.63) is 29.8 Å². The predicted molar refractivity (Wildman–Crippen MR) is 40.3 cm³/mol. The SMILES string of the molecule is O=C(O)CC(F)(F)c1ccncc1F. The molecule has 0 saturated heterocycles. The van der Waals surface area contributed by atoms with E-state index in [1.807, 2.05) is 0 Å². The molecule has 0 amide bonds. The maximum absolute atomic E-state index is 13.0. The molecule has 1 heterocycles. The van der Waals surface area contributed by atoms with Gasteiger partial charge in [0.25, 0.3) is 5.92 Å². The minimum Gasteiger partial charge on any atom is -0.481 e. The molecule has 0 bridgehead atoms. The van der Waals surface area contributed by atoms with Gasteiger partial charge in [-0.05, 0) is 6.07 Å². The summed E-state index contributed by atoms with van der Waals surface area (Å²) >= 11 is 0. The van der Waals surface area contributed by atoms with Crippen LogP contribution in [0.3, 0.4) is 0 Å². The molecule has 1 rings (SSSR count). The number of carboxylic acids is 1. The van der Waals surface area contributed by atoms with Crippen LogP contribution in [0.5, 0.6) is 0 Å². The van der Waals surface area contributed by atoms with Crippen LogP contribution in [0, 0.1) is 5.82 Å². The van der Waals surface area contributed by atoms with Crippen molar-refractivity contribution in [2.45, 2.75) is 12.3 Å². The average Bonchev–Trinajstić information content (AvgIpc) is 2.02. The fraction of sp³-hybridized carbons (Fsp3) is 0.250. The third kappa shape index (κ3) is 2.21. The number of carboxylic acid groups (broad SMARTS) is 1. The van der Waals surface area contributed by atoms with E-state index >= 15 is 0 Å². The molecule has 0 fully saturated rings. The van der Waals surface area contributed by atoms with E-state index in [4.69, 9.17) is 5.11 Å². The monoisotopic (exact) mass is 205 g/mol. The molecule has 1 aromatic heterocycles. The van der Waals surface area contributed by atoms with Crippen molar-refractivity contribution < 1.29 is 23.1 Å². The lowest BCUT2D eigenvalue weighted by Gasteiger charge is -2.14. The summed E-state index contributed by atoms with van der Waals surface area (Å²) in [5.41, 5.74) is -0.949. The largest absolute Gasteiger partial charge is 0.481 e. The van der Waals surface area contributed by atoms with Gasteiger partial charge in [-0.2, -0.15) is 0 Å². The lowest BCUT2D eigenvalue weighted by molar-refractivity contribution is -0.145. The Bertz CT molecular complexity index is 354. The molecule has 0 aliphatic rings. The van der Waals surface area contributed by atoms with Crippen molar-refractivity contribution in [1.82, 2.24) is 4.98 Å². The Morgan fingerprint density at radius 2 is 2.21 bits per heavy atom. The summed E-state index contributed by atoms with van der Waals surface area (Å²) < 4.78 is 38.8. The van der Waals surface area contributed by atoms with E-state index in [0.717, 1.165) is 12.3 Å². The van der Waals surface area contributed by atoms with Gasteiger partial charge >= 0.3 is 5.97 Å². The molecule has 0 atom stereocenters. The number of aromatic nitrogens is 1. The normalized spacial score (nSPS) is 11.4. The summed E-state index contributed by atoms with van der Waals surface area (Å²) in [6.07, 6.45) is 0.160. The molecule has 0 unspecified atom stereocenters. The molecule has 0 aromatic carbocycles. The second-order valence-corrected chi connectivity index (χ2v) is 2.63. The summed E-state index contributed by atoms with van der Waals surface area (Å²) in [5, 5.41) is 8.18. The Balaban J connectivity index is 3.03. The van der Waals surface area contributed by atoms with Gasteiger partial charge in [-0.15, -0.1) is 0 Å². The van der Waals surface area contributed by atoms with Gasteiger partial charge in [0, 0.05) is 6.20 Å². The van der Waals surface area contributed by atoms with Crippen molar-refractivity contribution >= 4 is 5.97 Å². The van der Waals surface area contributed by atoms with Crippen LogP contribution in [0.15, 0.2) is 18.5 Å². The highest BCUT2D eigenvalue weighted by Gasteiger charge is 2.37. The number of halogens is 3. The zero-order valence-electron chi connectivity index (χ0n) is 6.88. The van der Waals surface area contributed by atoms with Crippen molar-refractivity contribution in [3.8, 4) is 0 Å². The van der Waals surface area contributed by atoms with E-state index in [-0.39, 0.29) is 0 Å². The lowest BCUT2D eigenvalue weighted by atomic mass is 10.1. The summed E-state index contributed by atoms with van der Waals surface area (Å²) in [4.78, 5) is 13.4. The molecule has 0 radical (unpaired) electrons. The van der Waals surface area contributed by atoms with Crippen LogP contribution in [0.1, 0.15) is 12.0 Å². The molecule has 0 saturated carbocycles. The molecule has 76 valence electrons. The van der Waals surface area contributed by atoms with Gasteiger partial charge in [0.1, 0.15) is 6.42 Å². The lowest BCUT2D eigenvalue weighted by Crippen LogP contribution is -2.20. The second kappa shape index (κ2) is 3.65. The highest BCUT2D eigenvalue weighted by atomic mass is 19.3. The van der Waals surface area contributed by atoms with Crippen LogP contribution in [0.4, 0.5) is 13.2 Å². The quantitative estimate of drug-likeness (QED) is 0.818. The molecule has 1 N–H and O–H groups in total. The van der Waals surface area contributed by atoms with Gasteiger partial charge in [-0.1, -0.05) is 0 Å². The number of nitrogens with zero attached hydrogens (tertiary/aromatic N) is 1. The van der Waals surface area contributed by atoms with Gasteiger partial charge in [0.15, 0.2) is 5.82 Å². The van der Waals surface area contributed by atoms with Crippen LogP contribution in [0.2, 0.25) is 0 Å². The topological polar surface area (TPSA) is 50.2 Å². The molecule has 14 heavy (non-hydrogen) atoms. The average molecular weight is 205 g/mol. The number of carbonyl (C=O) groups is 1. The van der Waals surface area contributed by atoms with Gasteiger partial charge in [-0.3, -0.25) is 9.78 Å². The fourth-order valence-corrected chi connectivity index (χ4v) is 0.957. The van der Waals surface area contributed by atoms with Crippen LogP contribution in [0.25, 0.3) is 0 Å². The first-order chi connectivity index (χ1) is 6.43. The molecular weight excluding hydrogens is 199 g/mol. The number of alkyl halides is 2. The third-order valence-corrected chi connectivity index (χ3v) is 1.54. The van der Waals surface area contributed by atoms with E-state index in [2.05, 4.69) is 4.98 Å². The minimum absolute atomic E-state index is 0.616. The Morgan fingerprint density at radius 3 is 2.71 bits per heavy atom. The van der Waals surface area contributed by atoms with E-state index in [1.54, 1.807) is 0 Å². The Labute approximate surface area is 77.2 Å². The maximum Gasteiger partial charge on any atom is 0.309 e. The van der Waals surface area contributed by atoms with Crippen LogP contribution in [-0.2, 0) is 10.7 Å². The predicted octanol–water partition coefficient (Wildman–Crippen LogP) is 1.79. The first kappa shape index (κ1) is 10.5. The molecule has 0 aliphatic heterocycles. The molecule has 1 aromatic rings. The summed E-state index contributed by atoms with van der Waals surface area (Å²) in [7, 11) is 0. The molecule has 3 nitrogen and oxygen atoms in total. The van der Waals surface area contributed by atoms with E-state index in [9.17, 15) is 18.0 Å². The van der Waals surface area contributed by atoms with E-state index < -0.39 is 29.7 Å². The highest BCUT2D eigenvalue weighted by molar-refractivity contribution is 5.68. The number of aliphatic carboxylic acids is 1. The number of rotatable bonds is 3.